The van der Waals surface area contributed by atoms with E-state index >= 15 is 0 Å². The molecule has 0 spiro atoms. The van der Waals surface area contributed by atoms with E-state index < -0.39 is 0 Å². The Bertz CT molecular complexity index is 217. The molecule has 1 heterocycles. The summed E-state index contributed by atoms with van der Waals surface area (Å²) in [5, 5.41) is 1.39. The molecule has 0 aromatic rings. The van der Waals surface area contributed by atoms with Crippen LogP contribution in [0.25, 0.3) is 0 Å². The van der Waals surface area contributed by atoms with Gasteiger partial charge in [-0.2, -0.15) is 11.8 Å². The van der Waals surface area contributed by atoms with E-state index in [1.54, 1.807) is 0 Å². The van der Waals surface area contributed by atoms with E-state index in [4.69, 9.17) is 10.6 Å². The molecule has 1 aliphatic heterocycles. The molecular weight excluding hydrogens is 204 g/mol. The minimum atomic E-state index is -0.347. The average molecular weight is 218 g/mol. The van der Waals surface area contributed by atoms with Gasteiger partial charge >= 0.3 is 0 Å². The van der Waals surface area contributed by atoms with Crippen molar-refractivity contribution in [2.45, 2.75) is 12.8 Å². The van der Waals surface area contributed by atoms with Gasteiger partial charge in [-0.25, -0.2) is 5.06 Å². The zero-order valence-electron chi connectivity index (χ0n) is 7.90. The Balaban J connectivity index is 2.05. The highest BCUT2D eigenvalue weighted by molar-refractivity contribution is 7.99. The molecule has 0 aromatic carbocycles. The molecule has 1 fully saturated rings. The quantitative estimate of drug-likeness (QED) is 0.646. The molecule has 6 heteroatoms. The van der Waals surface area contributed by atoms with Crippen LogP contribution in [0.2, 0.25) is 0 Å². The third-order valence-corrected chi connectivity index (χ3v) is 2.72. The smallest absolute Gasteiger partial charge is 0.246 e. The number of thioether (sulfide) groups is 1. The molecule has 0 radical (unpaired) electrons. The number of amides is 2. The highest BCUT2D eigenvalue weighted by Gasteiger charge is 2.18. The minimum Gasteiger partial charge on any atom is -0.369 e. The summed E-state index contributed by atoms with van der Waals surface area (Å²) >= 11 is 1.37. The SMILES string of the molecule is NC(=O)CSCCC(=O)N1CCCO1. The molecule has 80 valence electrons. The lowest BCUT2D eigenvalue weighted by Gasteiger charge is -2.12. The third-order valence-electron chi connectivity index (χ3n) is 1.74. The maximum Gasteiger partial charge on any atom is 0.246 e. The number of hydrogen-bond donors (Lipinski definition) is 1. The van der Waals surface area contributed by atoms with E-state index in [2.05, 4.69) is 0 Å². The van der Waals surface area contributed by atoms with Gasteiger partial charge < -0.3 is 5.73 Å². The van der Waals surface area contributed by atoms with Gasteiger partial charge in [-0.3, -0.25) is 14.4 Å². The monoisotopic (exact) mass is 218 g/mol. The molecule has 0 aromatic heterocycles. The van der Waals surface area contributed by atoms with Gasteiger partial charge in [-0.1, -0.05) is 0 Å². The average Bonchev–Trinajstić information content (AvgIpc) is 2.64. The van der Waals surface area contributed by atoms with Crippen molar-refractivity contribution < 1.29 is 14.4 Å². The summed E-state index contributed by atoms with van der Waals surface area (Å²) in [7, 11) is 0. The second-order valence-electron chi connectivity index (χ2n) is 2.95. The fraction of sp³-hybridized carbons (Fsp3) is 0.750. The van der Waals surface area contributed by atoms with Crippen LogP contribution >= 0.6 is 11.8 Å². The second-order valence-corrected chi connectivity index (χ2v) is 4.06. The maximum atomic E-state index is 11.4. The van der Waals surface area contributed by atoms with Crippen molar-refractivity contribution in [2.24, 2.45) is 5.73 Å². The van der Waals surface area contributed by atoms with Gasteiger partial charge in [0.1, 0.15) is 0 Å². The normalized spacial score (nSPS) is 15.9. The number of hydrogen-bond acceptors (Lipinski definition) is 4. The van der Waals surface area contributed by atoms with Gasteiger partial charge in [0.2, 0.25) is 11.8 Å². The first-order chi connectivity index (χ1) is 6.70. The first kappa shape index (κ1) is 11.3. The molecule has 0 bridgehead atoms. The lowest BCUT2D eigenvalue weighted by atomic mass is 10.4. The van der Waals surface area contributed by atoms with Crippen LogP contribution in [0, 0.1) is 0 Å². The van der Waals surface area contributed by atoms with Crippen LogP contribution in [0.5, 0.6) is 0 Å². The van der Waals surface area contributed by atoms with Crippen LogP contribution in [0.4, 0.5) is 0 Å². The number of primary amides is 1. The molecule has 2 amide bonds. The summed E-state index contributed by atoms with van der Waals surface area (Å²) in [5.41, 5.74) is 4.95. The molecule has 2 N–H and O–H groups in total. The van der Waals surface area contributed by atoms with Crippen molar-refractivity contribution in [3.63, 3.8) is 0 Å². The van der Waals surface area contributed by atoms with E-state index in [0.717, 1.165) is 6.42 Å². The van der Waals surface area contributed by atoms with Gasteiger partial charge in [0.25, 0.3) is 0 Å². The summed E-state index contributed by atoms with van der Waals surface area (Å²) in [6, 6.07) is 0. The van der Waals surface area contributed by atoms with Crippen LogP contribution < -0.4 is 5.73 Å². The molecule has 0 aliphatic carbocycles. The molecule has 1 aliphatic rings. The van der Waals surface area contributed by atoms with E-state index in [1.807, 2.05) is 0 Å². The summed E-state index contributed by atoms with van der Waals surface area (Å²) in [6.07, 6.45) is 1.30. The Hall–Kier alpha value is -0.750. The Morgan fingerprint density at radius 1 is 1.50 bits per heavy atom. The van der Waals surface area contributed by atoms with Crippen molar-refractivity contribution in [3.8, 4) is 0 Å². The summed E-state index contributed by atoms with van der Waals surface area (Å²) in [5.74, 6) is 0.523. The Kier molecular flexibility index (Phi) is 4.75. The fourth-order valence-electron chi connectivity index (χ4n) is 1.10. The van der Waals surface area contributed by atoms with E-state index in [9.17, 15) is 9.59 Å². The molecule has 1 saturated heterocycles. The van der Waals surface area contributed by atoms with E-state index in [-0.39, 0.29) is 17.6 Å². The van der Waals surface area contributed by atoms with Gasteiger partial charge in [-0.05, 0) is 6.42 Å². The molecule has 0 saturated carbocycles. The molecule has 5 nitrogen and oxygen atoms in total. The zero-order valence-corrected chi connectivity index (χ0v) is 8.72. The van der Waals surface area contributed by atoms with Gasteiger partial charge in [0.15, 0.2) is 0 Å². The fourth-order valence-corrected chi connectivity index (χ4v) is 1.77. The van der Waals surface area contributed by atoms with Gasteiger partial charge in [0.05, 0.1) is 18.9 Å². The van der Waals surface area contributed by atoms with Crippen LogP contribution in [0.3, 0.4) is 0 Å². The first-order valence-corrected chi connectivity index (χ1v) is 5.65. The lowest BCUT2D eigenvalue weighted by Crippen LogP contribution is -2.26. The molecule has 1 rings (SSSR count). The van der Waals surface area contributed by atoms with Gasteiger partial charge in [-0.15, -0.1) is 0 Å². The highest BCUT2D eigenvalue weighted by Crippen LogP contribution is 2.09. The Labute approximate surface area is 86.9 Å². The summed E-state index contributed by atoms with van der Waals surface area (Å²) in [6.45, 7) is 1.31. The van der Waals surface area contributed by atoms with Crippen molar-refractivity contribution in [1.82, 2.24) is 5.06 Å². The number of hydroxylamine groups is 2. The predicted octanol–water partition coefficient (Wildman–Crippen LogP) is -0.241. The number of rotatable bonds is 5. The summed E-state index contributed by atoms with van der Waals surface area (Å²) in [4.78, 5) is 26.8. The van der Waals surface area contributed by atoms with Crippen molar-refractivity contribution >= 4 is 23.6 Å². The van der Waals surface area contributed by atoms with Crippen LogP contribution in [-0.4, -0.2) is 41.5 Å². The third kappa shape index (κ3) is 3.97. The minimum absolute atomic E-state index is 0.0144. The second kappa shape index (κ2) is 5.87. The molecule has 0 atom stereocenters. The summed E-state index contributed by atoms with van der Waals surface area (Å²) < 4.78 is 0. The number of nitrogens with two attached hydrogens (primary N) is 1. The number of carbonyl (C=O) groups is 2. The molecular formula is C8H14N2O3S. The number of nitrogens with zero attached hydrogens (tertiary/aromatic N) is 1. The van der Waals surface area contributed by atoms with E-state index in [0.29, 0.717) is 25.3 Å². The largest absolute Gasteiger partial charge is 0.369 e. The van der Waals surface area contributed by atoms with Crippen molar-refractivity contribution in [2.75, 3.05) is 24.7 Å². The lowest BCUT2D eigenvalue weighted by molar-refractivity contribution is -0.168. The van der Waals surface area contributed by atoms with Crippen molar-refractivity contribution in [1.29, 1.82) is 0 Å². The maximum absolute atomic E-state index is 11.4. The Morgan fingerprint density at radius 2 is 2.29 bits per heavy atom. The zero-order chi connectivity index (χ0) is 10.4. The Morgan fingerprint density at radius 3 is 2.86 bits per heavy atom. The van der Waals surface area contributed by atoms with Crippen LogP contribution in [0.1, 0.15) is 12.8 Å². The number of carbonyl (C=O) groups excluding carboxylic acids is 2. The molecule has 0 unspecified atom stereocenters. The van der Waals surface area contributed by atoms with E-state index in [1.165, 1.54) is 16.8 Å². The topological polar surface area (TPSA) is 72.6 Å². The standard InChI is InChI=1S/C8H14N2O3S/c9-7(11)6-14-5-2-8(12)10-3-1-4-13-10/h1-6H2,(H2,9,11). The van der Waals surface area contributed by atoms with Crippen LogP contribution in [-0.2, 0) is 14.4 Å². The molecule has 14 heavy (non-hydrogen) atoms. The highest BCUT2D eigenvalue weighted by atomic mass is 32.2. The van der Waals surface area contributed by atoms with Gasteiger partial charge in [0, 0.05) is 12.2 Å². The first-order valence-electron chi connectivity index (χ1n) is 4.49. The predicted molar refractivity (Wildman–Crippen MR) is 53.4 cm³/mol. The van der Waals surface area contributed by atoms with Crippen molar-refractivity contribution in [3.05, 3.63) is 0 Å². The van der Waals surface area contributed by atoms with Crippen LogP contribution in [0.15, 0.2) is 0 Å².